The Morgan fingerprint density at radius 2 is 1.53 bits per heavy atom. The van der Waals surface area contributed by atoms with Gasteiger partial charge in [-0.1, -0.05) is 72.8 Å². The normalized spacial score (nSPS) is 17.4. The van der Waals surface area contributed by atoms with Crippen LogP contribution in [-0.2, 0) is 4.79 Å². The van der Waals surface area contributed by atoms with E-state index in [4.69, 9.17) is 0 Å². The molecule has 1 aliphatic rings. The molecule has 3 aromatic carbocycles. The van der Waals surface area contributed by atoms with E-state index in [0.717, 1.165) is 29.7 Å². The number of aliphatic hydroxyl groups is 1. The van der Waals surface area contributed by atoms with Gasteiger partial charge in [-0.2, -0.15) is 0 Å². The minimum atomic E-state index is -0.436. The Hall–Kier alpha value is -3.02. The van der Waals surface area contributed by atoms with E-state index in [9.17, 15) is 14.3 Å². The van der Waals surface area contributed by atoms with E-state index in [0.29, 0.717) is 13.1 Å². The average Bonchev–Trinajstić information content (AvgIpc) is 3.24. The summed E-state index contributed by atoms with van der Waals surface area (Å²) in [5, 5.41) is 9.98. The summed E-state index contributed by atoms with van der Waals surface area (Å²) in [6, 6.07) is 25.7. The molecule has 0 bridgehead atoms. The summed E-state index contributed by atoms with van der Waals surface area (Å²) in [6.45, 7) is 1.95. The number of rotatable bonds is 7. The molecular weight excluding hydrogens is 403 g/mol. The van der Waals surface area contributed by atoms with Crippen LogP contribution >= 0.6 is 0 Å². The SMILES string of the molecule is CN(C(=O)C(c1ccccc1)c1ccccc1)[C@H](CN1CC[C@H](O)C1)c1ccc(F)cc1. The van der Waals surface area contributed by atoms with Gasteiger partial charge in [0.05, 0.1) is 18.1 Å². The van der Waals surface area contributed by atoms with E-state index < -0.39 is 5.92 Å². The Morgan fingerprint density at radius 1 is 0.969 bits per heavy atom. The third-order valence-corrected chi connectivity index (χ3v) is 6.26. The van der Waals surface area contributed by atoms with Crippen molar-refractivity contribution in [1.82, 2.24) is 9.80 Å². The second-order valence-corrected chi connectivity index (χ2v) is 8.47. The number of likely N-dealkylation sites (tertiary alicyclic amines) is 1. The van der Waals surface area contributed by atoms with E-state index in [1.54, 1.807) is 17.0 Å². The van der Waals surface area contributed by atoms with Gasteiger partial charge < -0.3 is 10.0 Å². The van der Waals surface area contributed by atoms with Crippen molar-refractivity contribution in [2.45, 2.75) is 24.5 Å². The molecule has 2 atom stereocenters. The van der Waals surface area contributed by atoms with Gasteiger partial charge in [0.15, 0.2) is 0 Å². The van der Waals surface area contributed by atoms with Gasteiger partial charge in [-0.25, -0.2) is 4.39 Å². The van der Waals surface area contributed by atoms with Crippen LogP contribution in [-0.4, -0.2) is 53.6 Å². The van der Waals surface area contributed by atoms with Crippen molar-refractivity contribution in [1.29, 1.82) is 0 Å². The van der Waals surface area contributed by atoms with Crippen LogP contribution in [0.1, 0.15) is 35.1 Å². The number of amides is 1. The minimum Gasteiger partial charge on any atom is -0.392 e. The Balaban J connectivity index is 1.68. The lowest BCUT2D eigenvalue weighted by Crippen LogP contribution is -2.41. The highest BCUT2D eigenvalue weighted by molar-refractivity contribution is 5.87. The second-order valence-electron chi connectivity index (χ2n) is 8.47. The number of likely N-dealkylation sites (N-methyl/N-ethyl adjacent to an activating group) is 1. The quantitative estimate of drug-likeness (QED) is 0.608. The van der Waals surface area contributed by atoms with Crippen LogP contribution in [0.25, 0.3) is 0 Å². The number of benzene rings is 3. The fourth-order valence-electron chi connectivity index (χ4n) is 4.48. The number of carbonyl (C=O) groups excluding carboxylic acids is 1. The highest BCUT2D eigenvalue weighted by Gasteiger charge is 2.32. The van der Waals surface area contributed by atoms with Crippen molar-refractivity contribution in [3.8, 4) is 0 Å². The number of aliphatic hydroxyl groups excluding tert-OH is 1. The second kappa shape index (κ2) is 10.1. The lowest BCUT2D eigenvalue weighted by Gasteiger charge is -2.34. The van der Waals surface area contributed by atoms with E-state index >= 15 is 0 Å². The van der Waals surface area contributed by atoms with Gasteiger partial charge in [-0.05, 0) is 35.2 Å². The van der Waals surface area contributed by atoms with Crippen LogP contribution in [0.2, 0.25) is 0 Å². The number of hydrogen-bond donors (Lipinski definition) is 1. The zero-order valence-electron chi connectivity index (χ0n) is 18.3. The van der Waals surface area contributed by atoms with Crippen molar-refractivity contribution in [3.63, 3.8) is 0 Å². The van der Waals surface area contributed by atoms with Crippen molar-refractivity contribution in [2.24, 2.45) is 0 Å². The molecule has 166 valence electrons. The van der Waals surface area contributed by atoms with Crippen LogP contribution < -0.4 is 0 Å². The van der Waals surface area contributed by atoms with Crippen molar-refractivity contribution in [3.05, 3.63) is 107 Å². The fourth-order valence-corrected chi connectivity index (χ4v) is 4.48. The predicted molar refractivity (Wildman–Crippen MR) is 124 cm³/mol. The van der Waals surface area contributed by atoms with Crippen LogP contribution in [0.15, 0.2) is 84.9 Å². The van der Waals surface area contributed by atoms with Gasteiger partial charge >= 0.3 is 0 Å². The van der Waals surface area contributed by atoms with Gasteiger partial charge in [-0.3, -0.25) is 9.69 Å². The lowest BCUT2D eigenvalue weighted by atomic mass is 9.89. The largest absolute Gasteiger partial charge is 0.392 e. The smallest absolute Gasteiger partial charge is 0.234 e. The first-order valence-corrected chi connectivity index (χ1v) is 11.1. The van der Waals surface area contributed by atoms with Crippen LogP contribution in [0, 0.1) is 5.82 Å². The first kappa shape index (κ1) is 22.2. The van der Waals surface area contributed by atoms with Gasteiger partial charge in [-0.15, -0.1) is 0 Å². The third kappa shape index (κ3) is 5.06. The Bertz CT molecular complexity index is 971. The number of nitrogens with zero attached hydrogens (tertiary/aromatic N) is 2. The number of β-amino-alcohol motifs (C(OH)–C–C–N with tert-alkyl or cyclic N) is 1. The highest BCUT2D eigenvalue weighted by Crippen LogP contribution is 2.31. The standard InChI is InChI=1S/C27H29FN2O2/c1-29(25(19-30-17-16-24(31)18-30)20-12-14-23(28)15-13-20)27(32)26(21-8-4-2-5-9-21)22-10-6-3-7-11-22/h2-15,24-26,31H,16-19H2,1H3/t24-,25+/m0/s1. The zero-order chi connectivity index (χ0) is 22.5. The fraction of sp³-hybridized carbons (Fsp3) is 0.296. The van der Waals surface area contributed by atoms with Gasteiger partial charge in [0.2, 0.25) is 5.91 Å². The molecule has 0 radical (unpaired) electrons. The Morgan fingerprint density at radius 3 is 2.03 bits per heavy atom. The van der Waals surface area contributed by atoms with Gasteiger partial charge in [0.25, 0.3) is 0 Å². The topological polar surface area (TPSA) is 43.8 Å². The summed E-state index contributed by atoms with van der Waals surface area (Å²) in [5.74, 6) is -0.754. The molecule has 1 fully saturated rings. The zero-order valence-corrected chi connectivity index (χ0v) is 18.3. The highest BCUT2D eigenvalue weighted by atomic mass is 19.1. The van der Waals surface area contributed by atoms with Gasteiger partial charge in [0, 0.05) is 26.7 Å². The molecule has 0 unspecified atom stereocenters. The van der Waals surface area contributed by atoms with E-state index in [2.05, 4.69) is 4.90 Å². The van der Waals surface area contributed by atoms with Crippen molar-refractivity contribution >= 4 is 5.91 Å². The maximum absolute atomic E-state index is 13.9. The van der Waals surface area contributed by atoms with E-state index in [-0.39, 0.29) is 23.9 Å². The molecule has 1 aliphatic heterocycles. The molecular formula is C27H29FN2O2. The summed E-state index contributed by atoms with van der Waals surface area (Å²) < 4.78 is 13.6. The van der Waals surface area contributed by atoms with Crippen LogP contribution in [0.4, 0.5) is 4.39 Å². The molecule has 4 rings (SSSR count). The number of halogens is 1. The molecule has 0 saturated carbocycles. The maximum Gasteiger partial charge on any atom is 0.234 e. The van der Waals surface area contributed by atoms with Gasteiger partial charge in [0.1, 0.15) is 5.82 Å². The van der Waals surface area contributed by atoms with Crippen molar-refractivity contribution in [2.75, 3.05) is 26.7 Å². The lowest BCUT2D eigenvalue weighted by molar-refractivity contribution is -0.133. The van der Waals surface area contributed by atoms with Crippen LogP contribution in [0.5, 0.6) is 0 Å². The van der Waals surface area contributed by atoms with Crippen LogP contribution in [0.3, 0.4) is 0 Å². The first-order chi connectivity index (χ1) is 15.5. The molecule has 1 N–H and O–H groups in total. The molecule has 0 aliphatic carbocycles. The molecule has 4 nitrogen and oxygen atoms in total. The summed E-state index contributed by atoms with van der Waals surface area (Å²) in [7, 11) is 1.82. The summed E-state index contributed by atoms with van der Waals surface area (Å²) in [5.41, 5.74) is 2.75. The summed E-state index contributed by atoms with van der Waals surface area (Å²) in [6.07, 6.45) is 0.385. The molecule has 1 saturated heterocycles. The molecule has 3 aromatic rings. The molecule has 32 heavy (non-hydrogen) atoms. The molecule has 1 amide bonds. The monoisotopic (exact) mass is 432 g/mol. The van der Waals surface area contributed by atoms with Crippen molar-refractivity contribution < 1.29 is 14.3 Å². The average molecular weight is 433 g/mol. The predicted octanol–water partition coefficient (Wildman–Crippen LogP) is 4.22. The maximum atomic E-state index is 13.9. The summed E-state index contributed by atoms with van der Waals surface area (Å²) >= 11 is 0. The van der Waals surface area contributed by atoms with E-state index in [1.165, 1.54) is 12.1 Å². The number of carbonyl (C=O) groups is 1. The molecule has 0 aromatic heterocycles. The minimum absolute atomic E-state index is 0.0172. The first-order valence-electron chi connectivity index (χ1n) is 11.1. The molecule has 5 heteroatoms. The summed E-state index contributed by atoms with van der Waals surface area (Å²) in [4.78, 5) is 17.9. The number of hydrogen-bond acceptors (Lipinski definition) is 3. The Kier molecular flexibility index (Phi) is 6.98. The third-order valence-electron chi connectivity index (χ3n) is 6.26. The molecule has 0 spiro atoms. The Labute approximate surface area is 188 Å². The molecule has 1 heterocycles. The van der Waals surface area contributed by atoms with E-state index in [1.807, 2.05) is 67.7 Å².